The van der Waals surface area contributed by atoms with Gasteiger partial charge in [-0.1, -0.05) is 18.2 Å². The zero-order valence-electron chi connectivity index (χ0n) is 15.5. The van der Waals surface area contributed by atoms with Crippen molar-refractivity contribution in [3.05, 3.63) is 47.3 Å². The van der Waals surface area contributed by atoms with Crippen LogP contribution in [0.25, 0.3) is 0 Å². The molecule has 1 aliphatic rings. The van der Waals surface area contributed by atoms with Crippen molar-refractivity contribution >= 4 is 29.9 Å². The van der Waals surface area contributed by atoms with E-state index < -0.39 is 11.9 Å². The molecule has 7 nitrogen and oxygen atoms in total. The van der Waals surface area contributed by atoms with E-state index in [2.05, 4.69) is 25.7 Å². The third-order valence-corrected chi connectivity index (χ3v) is 4.32. The van der Waals surface area contributed by atoms with Gasteiger partial charge in [-0.05, 0) is 32.8 Å². The largest absolute Gasteiger partial charge is 0.386 e. The molecule has 0 fully saturated rings. The molecule has 2 aromatic rings. The number of nitrogens with zero attached hydrogens (tertiary/aromatic N) is 4. The second kappa shape index (κ2) is 9.98. The standard InChI is InChI=1S/C18H25FN6O.HI/c1-3-20-18(21-11-16(26)13-7-4-5-8-14(13)19)23-15-9-6-10-25-17(15)22-12(2)24-25;/h4-5,7-8,15-16,26H,3,6,9-11H2,1-2H3,(H2,20,21,23);1H. The highest BCUT2D eigenvalue weighted by Crippen LogP contribution is 2.23. The van der Waals surface area contributed by atoms with Crippen LogP contribution in [0.2, 0.25) is 0 Å². The fourth-order valence-electron chi connectivity index (χ4n) is 3.11. The summed E-state index contributed by atoms with van der Waals surface area (Å²) in [6.07, 6.45) is 0.937. The summed E-state index contributed by atoms with van der Waals surface area (Å²) in [7, 11) is 0. The van der Waals surface area contributed by atoms with Crippen LogP contribution < -0.4 is 10.6 Å². The van der Waals surface area contributed by atoms with Crippen LogP contribution >= 0.6 is 24.0 Å². The highest BCUT2D eigenvalue weighted by Gasteiger charge is 2.24. The topological polar surface area (TPSA) is 87.4 Å². The second-order valence-corrected chi connectivity index (χ2v) is 6.34. The van der Waals surface area contributed by atoms with E-state index in [-0.39, 0.29) is 42.1 Å². The van der Waals surface area contributed by atoms with Crippen LogP contribution in [0.1, 0.15) is 49.1 Å². The highest BCUT2D eigenvalue weighted by molar-refractivity contribution is 14.0. The number of guanidine groups is 1. The first-order valence-electron chi connectivity index (χ1n) is 8.97. The van der Waals surface area contributed by atoms with E-state index in [4.69, 9.17) is 0 Å². The molecule has 2 heterocycles. The lowest BCUT2D eigenvalue weighted by molar-refractivity contribution is 0.182. The number of aryl methyl sites for hydroxylation is 2. The summed E-state index contributed by atoms with van der Waals surface area (Å²) in [5, 5.41) is 21.2. The van der Waals surface area contributed by atoms with Crippen LogP contribution in [0.4, 0.5) is 4.39 Å². The maximum absolute atomic E-state index is 13.8. The number of benzene rings is 1. The molecular weight excluding hydrogens is 462 g/mol. The second-order valence-electron chi connectivity index (χ2n) is 6.34. The van der Waals surface area contributed by atoms with Gasteiger partial charge in [-0.25, -0.2) is 14.1 Å². The minimum absolute atomic E-state index is 0. The number of fused-ring (bicyclic) bond motifs is 1. The number of hydrogen-bond donors (Lipinski definition) is 3. The molecule has 3 rings (SSSR count). The molecule has 0 bridgehead atoms. The van der Waals surface area contributed by atoms with Gasteiger partial charge in [-0.3, -0.25) is 4.99 Å². The fraction of sp³-hybridized carbons (Fsp3) is 0.500. The van der Waals surface area contributed by atoms with Gasteiger partial charge in [0.25, 0.3) is 0 Å². The normalized spacial score (nSPS) is 17.6. The Morgan fingerprint density at radius 2 is 2.22 bits per heavy atom. The van der Waals surface area contributed by atoms with E-state index in [9.17, 15) is 9.50 Å². The zero-order valence-corrected chi connectivity index (χ0v) is 17.9. The van der Waals surface area contributed by atoms with Crippen molar-refractivity contribution in [2.75, 3.05) is 13.1 Å². The molecule has 0 radical (unpaired) electrons. The average Bonchev–Trinajstić information content (AvgIpc) is 3.01. The number of rotatable bonds is 5. The van der Waals surface area contributed by atoms with Gasteiger partial charge in [0.2, 0.25) is 0 Å². The van der Waals surface area contributed by atoms with E-state index in [1.807, 2.05) is 18.5 Å². The molecule has 27 heavy (non-hydrogen) atoms. The summed E-state index contributed by atoms with van der Waals surface area (Å²) in [5.41, 5.74) is 0.250. The molecule has 0 amide bonds. The zero-order chi connectivity index (χ0) is 18.5. The number of aromatic nitrogens is 3. The lowest BCUT2D eigenvalue weighted by Crippen LogP contribution is -2.41. The molecule has 9 heteroatoms. The van der Waals surface area contributed by atoms with E-state index in [0.717, 1.165) is 31.0 Å². The maximum atomic E-state index is 13.8. The van der Waals surface area contributed by atoms with Gasteiger partial charge in [0, 0.05) is 18.7 Å². The van der Waals surface area contributed by atoms with Crippen LogP contribution in [-0.4, -0.2) is 38.9 Å². The summed E-state index contributed by atoms with van der Waals surface area (Å²) >= 11 is 0. The first-order valence-corrected chi connectivity index (χ1v) is 8.97. The van der Waals surface area contributed by atoms with E-state index in [1.54, 1.807) is 18.2 Å². The first-order chi connectivity index (χ1) is 12.6. The van der Waals surface area contributed by atoms with Gasteiger partial charge in [-0.2, -0.15) is 5.10 Å². The predicted molar refractivity (Wildman–Crippen MR) is 113 cm³/mol. The van der Waals surface area contributed by atoms with E-state index >= 15 is 0 Å². The Morgan fingerprint density at radius 1 is 1.44 bits per heavy atom. The Morgan fingerprint density at radius 3 is 2.96 bits per heavy atom. The van der Waals surface area contributed by atoms with Gasteiger partial charge in [0.1, 0.15) is 23.6 Å². The summed E-state index contributed by atoms with van der Waals surface area (Å²) in [5.74, 6) is 1.80. The van der Waals surface area contributed by atoms with E-state index in [0.29, 0.717) is 12.5 Å². The molecule has 2 unspecified atom stereocenters. The average molecular weight is 488 g/mol. The van der Waals surface area contributed by atoms with Gasteiger partial charge in [-0.15, -0.1) is 24.0 Å². The molecule has 1 aromatic heterocycles. The van der Waals surface area contributed by atoms with Crippen LogP contribution in [0, 0.1) is 12.7 Å². The van der Waals surface area contributed by atoms with Crippen LogP contribution in [0.15, 0.2) is 29.3 Å². The molecule has 1 aromatic carbocycles. The lowest BCUT2D eigenvalue weighted by Gasteiger charge is -2.25. The van der Waals surface area contributed by atoms with Crippen molar-refractivity contribution in [1.82, 2.24) is 25.4 Å². The van der Waals surface area contributed by atoms with Gasteiger partial charge >= 0.3 is 0 Å². The molecular formula is C18H26FIN6O. The molecule has 3 N–H and O–H groups in total. The monoisotopic (exact) mass is 488 g/mol. The van der Waals surface area contributed by atoms with Crippen molar-refractivity contribution < 1.29 is 9.50 Å². The maximum Gasteiger partial charge on any atom is 0.191 e. The molecule has 148 valence electrons. The molecule has 0 aliphatic carbocycles. The first kappa shape index (κ1) is 21.5. The third kappa shape index (κ3) is 5.38. The van der Waals surface area contributed by atoms with Crippen molar-refractivity contribution in [1.29, 1.82) is 0 Å². The number of aliphatic hydroxyl groups excluding tert-OH is 1. The fourth-order valence-corrected chi connectivity index (χ4v) is 3.11. The van der Waals surface area contributed by atoms with Crippen molar-refractivity contribution in [2.45, 2.75) is 45.4 Å². The van der Waals surface area contributed by atoms with Crippen molar-refractivity contribution in [3.8, 4) is 0 Å². The molecule has 1 aliphatic heterocycles. The summed E-state index contributed by atoms with van der Waals surface area (Å²) in [6, 6.07) is 6.21. The molecule has 0 spiro atoms. The highest BCUT2D eigenvalue weighted by atomic mass is 127. The number of hydrogen-bond acceptors (Lipinski definition) is 4. The molecule has 0 saturated heterocycles. The summed E-state index contributed by atoms with van der Waals surface area (Å²) < 4.78 is 15.7. The predicted octanol–water partition coefficient (Wildman–Crippen LogP) is 2.47. The number of halogens is 2. The quantitative estimate of drug-likeness (QED) is 0.342. The smallest absolute Gasteiger partial charge is 0.191 e. The van der Waals surface area contributed by atoms with Crippen molar-refractivity contribution in [2.24, 2.45) is 4.99 Å². The van der Waals surface area contributed by atoms with Gasteiger partial charge in [0.05, 0.1) is 12.6 Å². The van der Waals surface area contributed by atoms with Gasteiger partial charge in [0.15, 0.2) is 5.96 Å². The van der Waals surface area contributed by atoms with Crippen LogP contribution in [0.5, 0.6) is 0 Å². The minimum Gasteiger partial charge on any atom is -0.386 e. The number of aliphatic imine (C=N–C) groups is 1. The molecule has 2 atom stereocenters. The Balaban J connectivity index is 0.00000261. The minimum atomic E-state index is -0.996. The van der Waals surface area contributed by atoms with Crippen LogP contribution in [-0.2, 0) is 6.54 Å². The lowest BCUT2D eigenvalue weighted by atomic mass is 10.1. The Hall–Kier alpha value is -1.75. The Bertz CT molecular complexity index is 781. The Labute approximate surface area is 175 Å². The number of nitrogens with one attached hydrogen (secondary N) is 2. The SMILES string of the molecule is CCNC(=NCC(O)c1ccccc1F)NC1CCCn2nc(C)nc21.I. The van der Waals surface area contributed by atoms with Crippen molar-refractivity contribution in [3.63, 3.8) is 0 Å². The summed E-state index contributed by atoms with van der Waals surface area (Å²) in [6.45, 7) is 5.47. The van der Waals surface area contributed by atoms with E-state index in [1.165, 1.54) is 6.07 Å². The third-order valence-electron chi connectivity index (χ3n) is 4.32. The van der Waals surface area contributed by atoms with Crippen LogP contribution in [0.3, 0.4) is 0 Å². The van der Waals surface area contributed by atoms with Gasteiger partial charge < -0.3 is 15.7 Å². The number of aliphatic hydroxyl groups is 1. The summed E-state index contributed by atoms with van der Waals surface area (Å²) in [4.78, 5) is 8.93. The Kier molecular flexibility index (Phi) is 7.96. The molecule has 0 saturated carbocycles.